The molecule has 0 saturated heterocycles. The zero-order valence-electron chi connectivity index (χ0n) is 16.3. The van der Waals surface area contributed by atoms with Gasteiger partial charge in [0.05, 0.1) is 23.2 Å². The Morgan fingerprint density at radius 2 is 1.93 bits per heavy atom. The van der Waals surface area contributed by atoms with Crippen LogP contribution in [0.1, 0.15) is 43.1 Å². The first-order valence-corrected chi connectivity index (χ1v) is 10.7. The van der Waals surface area contributed by atoms with Crippen molar-refractivity contribution in [2.24, 2.45) is 0 Å². The van der Waals surface area contributed by atoms with Crippen molar-refractivity contribution in [3.63, 3.8) is 0 Å². The number of carbonyl (C=O) groups is 2. The van der Waals surface area contributed by atoms with Gasteiger partial charge >= 0.3 is 0 Å². The third-order valence-corrected chi connectivity index (χ3v) is 6.16. The van der Waals surface area contributed by atoms with E-state index in [1.54, 1.807) is 23.7 Å². The van der Waals surface area contributed by atoms with Crippen molar-refractivity contribution in [1.82, 2.24) is 15.8 Å². The van der Waals surface area contributed by atoms with Gasteiger partial charge in [0.1, 0.15) is 6.61 Å². The fourth-order valence-electron chi connectivity index (χ4n) is 2.62. The number of methoxy groups -OCH3 is 1. The molecule has 152 valence electrons. The molecule has 0 unspecified atom stereocenters. The monoisotopic (exact) mass is 431 g/mol. The predicted molar refractivity (Wildman–Crippen MR) is 113 cm³/mol. The Morgan fingerprint density at radius 3 is 2.59 bits per heavy atom. The van der Waals surface area contributed by atoms with Crippen LogP contribution in [0.25, 0.3) is 0 Å². The van der Waals surface area contributed by atoms with E-state index in [0.717, 1.165) is 22.6 Å². The summed E-state index contributed by atoms with van der Waals surface area (Å²) in [5.74, 6) is 0.121. The summed E-state index contributed by atoms with van der Waals surface area (Å²) in [7, 11) is 1.50. The second kappa shape index (κ2) is 9.53. The van der Waals surface area contributed by atoms with Crippen molar-refractivity contribution in [3.8, 4) is 11.5 Å². The summed E-state index contributed by atoms with van der Waals surface area (Å²) < 4.78 is 11.0. The predicted octanol–water partition coefficient (Wildman–Crippen LogP) is 3.74. The van der Waals surface area contributed by atoms with E-state index in [9.17, 15) is 9.59 Å². The van der Waals surface area contributed by atoms with Gasteiger partial charge in [0.15, 0.2) is 11.5 Å². The molecule has 29 heavy (non-hydrogen) atoms. The highest BCUT2D eigenvalue weighted by atomic mass is 32.1. The van der Waals surface area contributed by atoms with Gasteiger partial charge in [-0.25, -0.2) is 4.98 Å². The number of carbonyl (C=O) groups excluding carboxylic acids is 2. The van der Waals surface area contributed by atoms with Gasteiger partial charge in [-0.1, -0.05) is 6.92 Å². The number of hydrogen-bond acceptors (Lipinski definition) is 7. The van der Waals surface area contributed by atoms with E-state index in [0.29, 0.717) is 28.5 Å². The number of rotatable bonds is 7. The third kappa shape index (κ3) is 5.12. The van der Waals surface area contributed by atoms with Gasteiger partial charge < -0.3 is 9.47 Å². The summed E-state index contributed by atoms with van der Waals surface area (Å²) in [6, 6.07) is 6.63. The summed E-state index contributed by atoms with van der Waals surface area (Å²) in [5.41, 5.74) is 8.84. The molecule has 2 aromatic heterocycles. The van der Waals surface area contributed by atoms with Gasteiger partial charge in [0.25, 0.3) is 11.8 Å². The minimum atomic E-state index is -0.452. The van der Waals surface area contributed by atoms with Gasteiger partial charge in [0, 0.05) is 15.8 Å². The number of hydrazine groups is 1. The maximum atomic E-state index is 12.4. The molecular formula is C20H21N3O4S2. The number of ether oxygens (including phenoxy) is 2. The van der Waals surface area contributed by atoms with Crippen LogP contribution >= 0.6 is 22.7 Å². The largest absolute Gasteiger partial charge is 0.493 e. The highest BCUT2D eigenvalue weighted by Crippen LogP contribution is 2.29. The fraction of sp³-hybridized carbons (Fsp3) is 0.250. The van der Waals surface area contributed by atoms with E-state index in [4.69, 9.17) is 9.47 Å². The van der Waals surface area contributed by atoms with E-state index in [-0.39, 0.29) is 5.91 Å². The van der Waals surface area contributed by atoms with Crippen molar-refractivity contribution in [2.75, 3.05) is 7.11 Å². The normalized spacial score (nSPS) is 10.4. The number of benzene rings is 1. The minimum absolute atomic E-state index is 0.307. The molecule has 9 heteroatoms. The molecule has 0 atom stereocenters. The van der Waals surface area contributed by atoms with Gasteiger partial charge in [-0.2, -0.15) is 0 Å². The molecule has 0 fully saturated rings. The molecule has 0 aliphatic rings. The SMILES string of the molecule is CCc1sc(C(=O)NNC(=O)c2ccc(OCc3cscn3)c(OC)c2)cc1C. The van der Waals surface area contributed by atoms with Gasteiger partial charge in [-0.15, -0.1) is 22.7 Å². The Hall–Kier alpha value is -2.91. The second-order valence-electron chi connectivity index (χ2n) is 6.11. The van der Waals surface area contributed by atoms with Crippen LogP contribution < -0.4 is 20.3 Å². The lowest BCUT2D eigenvalue weighted by atomic mass is 10.2. The van der Waals surface area contributed by atoms with E-state index in [1.165, 1.54) is 29.8 Å². The Kier molecular flexibility index (Phi) is 6.84. The minimum Gasteiger partial charge on any atom is -0.493 e. The van der Waals surface area contributed by atoms with Crippen LogP contribution in [0.15, 0.2) is 35.2 Å². The number of thiazole rings is 1. The smallest absolute Gasteiger partial charge is 0.279 e. The van der Waals surface area contributed by atoms with Crippen LogP contribution in [0.4, 0.5) is 0 Å². The van der Waals surface area contributed by atoms with Crippen molar-refractivity contribution >= 4 is 34.5 Å². The Morgan fingerprint density at radius 1 is 1.14 bits per heavy atom. The quantitative estimate of drug-likeness (QED) is 0.556. The number of nitrogens with one attached hydrogen (secondary N) is 2. The zero-order valence-corrected chi connectivity index (χ0v) is 17.9. The molecule has 2 heterocycles. The van der Waals surface area contributed by atoms with Crippen molar-refractivity contribution in [2.45, 2.75) is 26.9 Å². The fourth-order valence-corrected chi connectivity index (χ4v) is 4.17. The van der Waals surface area contributed by atoms with Crippen LogP contribution in [0.5, 0.6) is 11.5 Å². The van der Waals surface area contributed by atoms with Gasteiger partial charge in [-0.3, -0.25) is 20.4 Å². The molecule has 3 rings (SSSR count). The van der Waals surface area contributed by atoms with Crippen molar-refractivity contribution in [1.29, 1.82) is 0 Å². The molecule has 1 aromatic carbocycles. The first-order chi connectivity index (χ1) is 14.0. The first kappa shape index (κ1) is 20.8. The van der Waals surface area contributed by atoms with Gasteiger partial charge in [-0.05, 0) is 43.2 Å². The van der Waals surface area contributed by atoms with Crippen molar-refractivity contribution < 1.29 is 19.1 Å². The second-order valence-corrected chi connectivity index (χ2v) is 7.97. The van der Waals surface area contributed by atoms with Crippen LogP contribution in [0.3, 0.4) is 0 Å². The highest BCUT2D eigenvalue weighted by molar-refractivity contribution is 7.14. The molecule has 0 aliphatic heterocycles. The number of amides is 2. The molecule has 7 nitrogen and oxygen atoms in total. The number of hydrogen-bond donors (Lipinski definition) is 2. The highest BCUT2D eigenvalue weighted by Gasteiger charge is 2.15. The zero-order chi connectivity index (χ0) is 20.8. The summed E-state index contributed by atoms with van der Waals surface area (Å²) in [4.78, 5) is 30.5. The maximum Gasteiger partial charge on any atom is 0.279 e. The summed E-state index contributed by atoms with van der Waals surface area (Å²) in [6.45, 7) is 4.32. The van der Waals surface area contributed by atoms with E-state index < -0.39 is 5.91 Å². The van der Waals surface area contributed by atoms with Crippen LogP contribution in [0.2, 0.25) is 0 Å². The number of aromatic nitrogens is 1. The lowest BCUT2D eigenvalue weighted by molar-refractivity contribution is 0.0848. The molecular weight excluding hydrogens is 410 g/mol. The molecule has 3 aromatic rings. The Balaban J connectivity index is 1.61. The average molecular weight is 432 g/mol. The molecule has 0 radical (unpaired) electrons. The molecule has 0 aliphatic carbocycles. The maximum absolute atomic E-state index is 12.4. The molecule has 2 N–H and O–H groups in total. The standard InChI is InChI=1S/C20H21N3O4S2/c1-4-17-12(2)7-18(29-17)20(25)23-22-19(24)13-5-6-15(16(8-13)26-3)27-9-14-10-28-11-21-14/h5-8,10-11H,4,9H2,1-3H3,(H,22,24)(H,23,25). The average Bonchev–Trinajstić information content (AvgIpc) is 3.39. The number of aryl methyl sites for hydroxylation is 2. The van der Waals surface area contributed by atoms with E-state index >= 15 is 0 Å². The van der Waals surface area contributed by atoms with Crippen LogP contribution in [0, 0.1) is 6.92 Å². The third-order valence-electron chi connectivity index (χ3n) is 4.14. The van der Waals surface area contributed by atoms with Gasteiger partial charge in [0.2, 0.25) is 0 Å². The summed E-state index contributed by atoms with van der Waals surface area (Å²) in [5, 5.41) is 1.90. The lowest BCUT2D eigenvalue weighted by Gasteiger charge is -2.12. The number of nitrogens with zero attached hydrogens (tertiary/aromatic N) is 1. The molecule has 0 saturated carbocycles. The van der Waals surface area contributed by atoms with E-state index in [1.807, 2.05) is 25.3 Å². The van der Waals surface area contributed by atoms with E-state index in [2.05, 4.69) is 15.8 Å². The molecule has 0 bridgehead atoms. The molecule has 0 spiro atoms. The molecule has 2 amide bonds. The first-order valence-electron chi connectivity index (χ1n) is 8.89. The Bertz CT molecular complexity index is 999. The summed E-state index contributed by atoms with van der Waals surface area (Å²) >= 11 is 2.91. The van der Waals surface area contributed by atoms with Crippen molar-refractivity contribution in [3.05, 3.63) is 61.7 Å². The number of thiophene rings is 1. The Labute approximate surface area is 176 Å². The summed E-state index contributed by atoms with van der Waals surface area (Å²) in [6.07, 6.45) is 0.868. The van der Waals surface area contributed by atoms with Crippen LogP contribution in [-0.4, -0.2) is 23.9 Å². The van der Waals surface area contributed by atoms with Crippen LogP contribution in [-0.2, 0) is 13.0 Å². The lowest BCUT2D eigenvalue weighted by Crippen LogP contribution is -2.41. The topological polar surface area (TPSA) is 89.6 Å².